The molecule has 0 aromatic carbocycles. The van der Waals surface area contributed by atoms with Crippen molar-refractivity contribution < 1.29 is 14.3 Å². The average Bonchev–Trinajstić information content (AvgIpc) is 3.09. The van der Waals surface area contributed by atoms with E-state index in [1.807, 2.05) is 13.8 Å². The molecule has 0 spiro atoms. The number of nitrogens with zero attached hydrogens (tertiary/aromatic N) is 3. The number of aromatic nitrogens is 3. The van der Waals surface area contributed by atoms with Gasteiger partial charge in [0.15, 0.2) is 11.5 Å². The van der Waals surface area contributed by atoms with E-state index in [4.69, 9.17) is 10.2 Å². The number of carboxylic acid groups (broad SMARTS) is 1. The molecule has 0 atom stereocenters. The van der Waals surface area contributed by atoms with Crippen LogP contribution in [0.3, 0.4) is 0 Å². The van der Waals surface area contributed by atoms with Crippen molar-refractivity contribution in [2.75, 3.05) is 5.73 Å². The minimum atomic E-state index is -1.28. The molecule has 0 aliphatic heterocycles. The third-order valence-electron chi connectivity index (χ3n) is 3.69. The van der Waals surface area contributed by atoms with Gasteiger partial charge in [0.25, 0.3) is 5.56 Å². The van der Waals surface area contributed by atoms with Crippen LogP contribution in [0.4, 0.5) is 5.82 Å². The van der Waals surface area contributed by atoms with Crippen molar-refractivity contribution in [2.24, 2.45) is 0 Å². The Bertz CT molecular complexity index is 990. The summed E-state index contributed by atoms with van der Waals surface area (Å²) in [4.78, 5) is 31.7. The van der Waals surface area contributed by atoms with Crippen LogP contribution in [0, 0.1) is 0 Å². The summed E-state index contributed by atoms with van der Waals surface area (Å²) in [6, 6.07) is 4.60. The summed E-state index contributed by atoms with van der Waals surface area (Å²) in [7, 11) is 0. The second-order valence-electron chi connectivity index (χ2n) is 5.73. The van der Waals surface area contributed by atoms with Gasteiger partial charge < -0.3 is 19.8 Å². The minimum absolute atomic E-state index is 0.0643. The first-order valence-electron chi connectivity index (χ1n) is 7.54. The van der Waals surface area contributed by atoms with Crippen LogP contribution in [-0.2, 0) is 0 Å². The van der Waals surface area contributed by atoms with Crippen LogP contribution in [0.1, 0.15) is 30.4 Å². The topological polar surface area (TPSA) is 124 Å². The molecule has 0 aliphatic carbocycles. The van der Waals surface area contributed by atoms with Gasteiger partial charge in [0.2, 0.25) is 0 Å². The third-order valence-corrected chi connectivity index (χ3v) is 3.69. The summed E-state index contributed by atoms with van der Waals surface area (Å²) in [5.74, 6) is -1.47. The lowest BCUT2D eigenvalue weighted by Crippen LogP contribution is -2.20. The van der Waals surface area contributed by atoms with Gasteiger partial charge in [-0.15, -0.1) is 0 Å². The van der Waals surface area contributed by atoms with E-state index in [0.29, 0.717) is 22.5 Å². The van der Waals surface area contributed by atoms with E-state index < -0.39 is 5.97 Å². The number of nitrogens with two attached hydrogens (primary N) is 1. The lowest BCUT2D eigenvalue weighted by atomic mass is 10.1. The van der Waals surface area contributed by atoms with Crippen LogP contribution in [-0.4, -0.2) is 25.6 Å². The number of pyridine rings is 1. The van der Waals surface area contributed by atoms with Crippen LogP contribution in [0.15, 0.2) is 46.1 Å². The Kier molecular flexibility index (Phi) is 4.10. The zero-order valence-corrected chi connectivity index (χ0v) is 13.6. The van der Waals surface area contributed by atoms with E-state index in [2.05, 4.69) is 9.97 Å². The number of furan rings is 1. The largest absolute Gasteiger partial charge is 0.476 e. The molecular formula is C17H16N4O4. The van der Waals surface area contributed by atoms with Gasteiger partial charge in [0, 0.05) is 29.4 Å². The van der Waals surface area contributed by atoms with Gasteiger partial charge in [-0.2, -0.15) is 0 Å². The van der Waals surface area contributed by atoms with Crippen LogP contribution in [0.2, 0.25) is 0 Å². The molecule has 0 saturated heterocycles. The molecular weight excluding hydrogens is 324 g/mol. The summed E-state index contributed by atoms with van der Waals surface area (Å²) in [5, 5.41) is 9.29. The Balaban J connectivity index is 2.30. The number of carbonyl (C=O) groups is 1. The number of hydrogen-bond donors (Lipinski definition) is 2. The van der Waals surface area contributed by atoms with Gasteiger partial charge in [-0.1, -0.05) is 0 Å². The zero-order chi connectivity index (χ0) is 18.1. The number of hydrogen-bond acceptors (Lipinski definition) is 6. The van der Waals surface area contributed by atoms with Crippen molar-refractivity contribution in [3.05, 3.63) is 53.0 Å². The van der Waals surface area contributed by atoms with E-state index >= 15 is 0 Å². The van der Waals surface area contributed by atoms with Gasteiger partial charge in [-0.05, 0) is 26.0 Å². The van der Waals surface area contributed by atoms with Gasteiger partial charge >= 0.3 is 5.97 Å². The minimum Gasteiger partial charge on any atom is -0.476 e. The highest BCUT2D eigenvalue weighted by molar-refractivity contribution is 5.92. The number of aromatic carboxylic acids is 1. The smallest absolute Gasteiger partial charge is 0.358 e. The molecule has 3 aromatic rings. The van der Waals surface area contributed by atoms with Gasteiger partial charge in [0.05, 0.1) is 18.2 Å². The summed E-state index contributed by atoms with van der Waals surface area (Å²) in [6.07, 6.45) is 4.56. The predicted octanol–water partition coefficient (Wildman–Crippen LogP) is 2.43. The van der Waals surface area contributed by atoms with Crippen LogP contribution in [0.25, 0.3) is 22.5 Å². The second kappa shape index (κ2) is 6.23. The van der Waals surface area contributed by atoms with Crippen molar-refractivity contribution in [2.45, 2.75) is 19.9 Å². The molecule has 8 heteroatoms. The lowest BCUT2D eigenvalue weighted by molar-refractivity contribution is 0.0691. The molecule has 3 aromatic heterocycles. The number of anilines is 1. The monoisotopic (exact) mass is 340 g/mol. The molecule has 8 nitrogen and oxygen atoms in total. The van der Waals surface area contributed by atoms with E-state index in [1.165, 1.54) is 23.2 Å². The normalized spacial score (nSPS) is 11.0. The van der Waals surface area contributed by atoms with Gasteiger partial charge in [-0.3, -0.25) is 4.79 Å². The van der Waals surface area contributed by atoms with Crippen LogP contribution >= 0.6 is 0 Å². The lowest BCUT2D eigenvalue weighted by Gasteiger charge is -2.14. The van der Waals surface area contributed by atoms with Crippen molar-refractivity contribution in [3.63, 3.8) is 0 Å². The van der Waals surface area contributed by atoms with Gasteiger partial charge in [0.1, 0.15) is 5.69 Å². The predicted molar refractivity (Wildman–Crippen MR) is 91.2 cm³/mol. The quantitative estimate of drug-likeness (QED) is 0.747. The Morgan fingerprint density at radius 2 is 1.92 bits per heavy atom. The van der Waals surface area contributed by atoms with Crippen molar-refractivity contribution in [3.8, 4) is 22.5 Å². The van der Waals surface area contributed by atoms with E-state index in [0.717, 1.165) is 0 Å². The summed E-state index contributed by atoms with van der Waals surface area (Å²) >= 11 is 0. The fourth-order valence-corrected chi connectivity index (χ4v) is 2.45. The molecule has 0 radical (unpaired) electrons. The Hall–Kier alpha value is -3.42. The first-order valence-corrected chi connectivity index (χ1v) is 7.54. The number of carboxylic acids is 1. The summed E-state index contributed by atoms with van der Waals surface area (Å²) in [5.41, 5.74) is 7.08. The Labute approximate surface area is 142 Å². The zero-order valence-electron chi connectivity index (χ0n) is 13.6. The van der Waals surface area contributed by atoms with Crippen LogP contribution in [0.5, 0.6) is 0 Å². The molecule has 0 aliphatic rings. The molecule has 0 amide bonds. The maximum absolute atomic E-state index is 12.0. The molecule has 3 N–H and O–H groups in total. The maximum Gasteiger partial charge on any atom is 0.358 e. The van der Waals surface area contributed by atoms with Crippen molar-refractivity contribution >= 4 is 11.8 Å². The molecule has 128 valence electrons. The molecule has 0 fully saturated rings. The second-order valence-corrected chi connectivity index (χ2v) is 5.73. The SMILES string of the molecule is CC(C)n1cc(-c2nc(C(=O)O)c(N)nc2-c2ccoc2)ccc1=O. The highest BCUT2D eigenvalue weighted by atomic mass is 16.4. The van der Waals surface area contributed by atoms with E-state index in [1.54, 1.807) is 18.3 Å². The first kappa shape index (κ1) is 16.4. The molecule has 0 saturated carbocycles. The fraction of sp³-hybridized carbons (Fsp3) is 0.176. The molecule has 3 rings (SSSR count). The number of nitrogen functional groups attached to an aromatic ring is 1. The number of rotatable bonds is 4. The molecule has 3 heterocycles. The molecule has 0 unspecified atom stereocenters. The molecule has 25 heavy (non-hydrogen) atoms. The Morgan fingerprint density at radius 1 is 1.20 bits per heavy atom. The highest BCUT2D eigenvalue weighted by Gasteiger charge is 2.20. The van der Waals surface area contributed by atoms with E-state index in [-0.39, 0.29) is 23.1 Å². The highest BCUT2D eigenvalue weighted by Crippen LogP contribution is 2.30. The maximum atomic E-state index is 12.0. The Morgan fingerprint density at radius 3 is 2.52 bits per heavy atom. The van der Waals surface area contributed by atoms with Gasteiger partial charge in [-0.25, -0.2) is 14.8 Å². The van der Waals surface area contributed by atoms with Crippen molar-refractivity contribution in [1.29, 1.82) is 0 Å². The summed E-state index contributed by atoms with van der Waals surface area (Å²) in [6.45, 7) is 3.75. The van der Waals surface area contributed by atoms with Crippen LogP contribution < -0.4 is 11.3 Å². The average molecular weight is 340 g/mol. The van der Waals surface area contributed by atoms with E-state index in [9.17, 15) is 14.7 Å². The summed E-state index contributed by atoms with van der Waals surface area (Å²) < 4.78 is 6.61. The fourth-order valence-electron chi connectivity index (χ4n) is 2.45. The standard InChI is InChI=1S/C17H16N4O4/c1-9(2)21-7-10(3-4-12(21)22)13-14(11-5-6-25-8-11)20-16(18)15(19-13)17(23)24/h3-9H,1-2H3,(H2,18,20)(H,23,24). The van der Waals surface area contributed by atoms with Crippen molar-refractivity contribution in [1.82, 2.24) is 14.5 Å². The first-order chi connectivity index (χ1) is 11.9. The molecule has 0 bridgehead atoms. The third kappa shape index (κ3) is 3.01.